The Kier molecular flexibility index (Phi) is 5.45. The first-order chi connectivity index (χ1) is 10.3. The summed E-state index contributed by atoms with van der Waals surface area (Å²) in [7, 11) is 0. The first-order valence-corrected chi connectivity index (χ1v) is 7.95. The minimum absolute atomic E-state index is 0.171. The Morgan fingerprint density at radius 3 is 2.36 bits per heavy atom. The minimum atomic E-state index is -0.462. The van der Waals surface area contributed by atoms with Crippen molar-refractivity contribution < 1.29 is 9.53 Å². The van der Waals surface area contributed by atoms with Gasteiger partial charge in [0.25, 0.3) is 0 Å². The van der Waals surface area contributed by atoms with E-state index in [1.807, 2.05) is 26.8 Å². The second-order valence-corrected chi connectivity index (χ2v) is 6.97. The molecule has 122 valence electrons. The van der Waals surface area contributed by atoms with E-state index in [0.29, 0.717) is 11.2 Å². The number of aromatic nitrogens is 2. The highest BCUT2D eigenvalue weighted by Gasteiger charge is 2.24. The number of anilines is 1. The van der Waals surface area contributed by atoms with Crippen molar-refractivity contribution in [2.45, 2.75) is 64.1 Å². The molecular weight excluding hydrogens is 304 g/mol. The molecule has 0 atom stereocenters. The third-order valence-electron chi connectivity index (χ3n) is 3.43. The molecule has 0 aliphatic heterocycles. The normalized spacial score (nSPS) is 22.0. The fraction of sp³-hybridized carbons (Fsp3) is 0.667. The van der Waals surface area contributed by atoms with Crippen LogP contribution in [0.25, 0.3) is 0 Å². The Balaban J connectivity index is 1.73. The third-order valence-corrected chi connectivity index (χ3v) is 3.63. The minimum Gasteiger partial charge on any atom is -0.444 e. The van der Waals surface area contributed by atoms with E-state index in [9.17, 15) is 4.79 Å². The smallest absolute Gasteiger partial charge is 0.407 e. The number of nitrogens with zero attached hydrogens (tertiary/aromatic N) is 2. The van der Waals surface area contributed by atoms with Gasteiger partial charge in [-0.25, -0.2) is 4.79 Å². The van der Waals surface area contributed by atoms with Crippen LogP contribution >= 0.6 is 11.6 Å². The fourth-order valence-electron chi connectivity index (χ4n) is 2.46. The summed E-state index contributed by atoms with van der Waals surface area (Å²) in [6.45, 7) is 5.58. The Morgan fingerprint density at radius 1 is 1.18 bits per heavy atom. The molecule has 1 aromatic rings. The largest absolute Gasteiger partial charge is 0.444 e. The predicted molar refractivity (Wildman–Crippen MR) is 86.1 cm³/mol. The molecule has 2 rings (SSSR count). The number of nitrogens with one attached hydrogen (secondary N) is 2. The molecule has 22 heavy (non-hydrogen) atoms. The van der Waals surface area contributed by atoms with Gasteiger partial charge in [0.2, 0.25) is 0 Å². The maximum absolute atomic E-state index is 11.8. The molecule has 0 unspecified atom stereocenters. The molecule has 0 bridgehead atoms. The Bertz CT molecular complexity index is 493. The molecule has 2 N–H and O–H groups in total. The molecule has 0 saturated heterocycles. The lowest BCUT2D eigenvalue weighted by molar-refractivity contribution is 0.0492. The summed E-state index contributed by atoms with van der Waals surface area (Å²) in [4.78, 5) is 11.8. The van der Waals surface area contributed by atoms with Crippen LogP contribution in [0.15, 0.2) is 12.1 Å². The standard InChI is InChI=1S/C15H23ClN4O2/c1-15(2,3)22-14(21)18-11-6-4-10(5-7-11)17-13-9-8-12(16)19-20-13/h8-11H,4-7H2,1-3H3,(H,17,20)(H,18,21). The van der Waals surface area contributed by atoms with E-state index in [1.165, 1.54) is 0 Å². The summed E-state index contributed by atoms with van der Waals surface area (Å²) in [5, 5.41) is 14.5. The monoisotopic (exact) mass is 326 g/mol. The van der Waals surface area contributed by atoms with Gasteiger partial charge in [0.15, 0.2) is 5.15 Å². The SMILES string of the molecule is CC(C)(C)OC(=O)NC1CCC(Nc2ccc(Cl)nn2)CC1. The van der Waals surface area contributed by atoms with Gasteiger partial charge in [-0.1, -0.05) is 11.6 Å². The second kappa shape index (κ2) is 7.13. The van der Waals surface area contributed by atoms with Gasteiger partial charge in [0, 0.05) is 12.1 Å². The highest BCUT2D eigenvalue weighted by molar-refractivity contribution is 6.29. The van der Waals surface area contributed by atoms with Crippen LogP contribution in [0.4, 0.5) is 10.6 Å². The number of amides is 1. The van der Waals surface area contributed by atoms with E-state index in [-0.39, 0.29) is 12.1 Å². The number of halogens is 1. The quantitative estimate of drug-likeness (QED) is 0.890. The van der Waals surface area contributed by atoms with Gasteiger partial charge >= 0.3 is 6.09 Å². The van der Waals surface area contributed by atoms with Crippen LogP contribution in [-0.4, -0.2) is 34.0 Å². The summed E-state index contributed by atoms with van der Waals surface area (Å²) in [5.41, 5.74) is -0.462. The van der Waals surface area contributed by atoms with Gasteiger partial charge in [-0.05, 0) is 58.6 Å². The molecule has 1 aliphatic carbocycles. The topological polar surface area (TPSA) is 76.1 Å². The van der Waals surface area contributed by atoms with E-state index in [0.717, 1.165) is 31.5 Å². The van der Waals surface area contributed by atoms with Crippen LogP contribution in [0, 0.1) is 0 Å². The van der Waals surface area contributed by atoms with Crippen LogP contribution in [0.1, 0.15) is 46.5 Å². The number of hydrogen-bond donors (Lipinski definition) is 2. The zero-order valence-electron chi connectivity index (χ0n) is 13.2. The van der Waals surface area contributed by atoms with Gasteiger partial charge < -0.3 is 15.4 Å². The first-order valence-electron chi connectivity index (χ1n) is 7.57. The molecule has 1 heterocycles. The average Bonchev–Trinajstić information content (AvgIpc) is 2.41. The summed E-state index contributed by atoms with van der Waals surface area (Å²) >= 11 is 5.71. The maximum Gasteiger partial charge on any atom is 0.407 e. The molecule has 7 heteroatoms. The highest BCUT2D eigenvalue weighted by atomic mass is 35.5. The van der Waals surface area contributed by atoms with Crippen LogP contribution in [-0.2, 0) is 4.74 Å². The number of rotatable bonds is 3. The molecule has 0 radical (unpaired) electrons. The molecular formula is C15H23ClN4O2. The van der Waals surface area contributed by atoms with Crippen molar-refractivity contribution in [3.63, 3.8) is 0 Å². The lowest BCUT2D eigenvalue weighted by Crippen LogP contribution is -2.42. The molecule has 6 nitrogen and oxygen atoms in total. The lowest BCUT2D eigenvalue weighted by atomic mass is 9.91. The molecule has 0 spiro atoms. The Morgan fingerprint density at radius 2 is 1.82 bits per heavy atom. The predicted octanol–water partition coefficient (Wildman–Crippen LogP) is 3.38. The van der Waals surface area contributed by atoms with Gasteiger partial charge in [0.1, 0.15) is 11.4 Å². The highest BCUT2D eigenvalue weighted by Crippen LogP contribution is 2.22. The number of carbonyl (C=O) groups excluding carboxylic acids is 1. The third kappa shape index (κ3) is 5.67. The molecule has 1 amide bonds. The maximum atomic E-state index is 11.8. The number of hydrogen-bond acceptors (Lipinski definition) is 5. The molecule has 1 aliphatic rings. The van der Waals surface area contributed by atoms with E-state index < -0.39 is 5.60 Å². The van der Waals surface area contributed by atoms with Crippen molar-refractivity contribution in [1.82, 2.24) is 15.5 Å². The average molecular weight is 327 g/mol. The number of carbonyl (C=O) groups is 1. The van der Waals surface area contributed by atoms with Crippen LogP contribution in [0.3, 0.4) is 0 Å². The van der Waals surface area contributed by atoms with Crippen LogP contribution in [0.5, 0.6) is 0 Å². The van der Waals surface area contributed by atoms with Crippen molar-refractivity contribution in [1.29, 1.82) is 0 Å². The Hall–Kier alpha value is -1.56. The van der Waals surface area contributed by atoms with E-state index in [4.69, 9.17) is 16.3 Å². The van der Waals surface area contributed by atoms with Crippen molar-refractivity contribution in [3.8, 4) is 0 Å². The van der Waals surface area contributed by atoms with Crippen molar-refractivity contribution in [2.75, 3.05) is 5.32 Å². The second-order valence-electron chi connectivity index (χ2n) is 6.58. The summed E-state index contributed by atoms with van der Waals surface area (Å²) in [6.07, 6.45) is 3.42. The molecule has 1 saturated carbocycles. The van der Waals surface area contributed by atoms with Gasteiger partial charge in [-0.15, -0.1) is 10.2 Å². The summed E-state index contributed by atoms with van der Waals surface area (Å²) < 4.78 is 5.28. The summed E-state index contributed by atoms with van der Waals surface area (Å²) in [6, 6.07) is 4.05. The summed E-state index contributed by atoms with van der Waals surface area (Å²) in [5.74, 6) is 0.730. The first kappa shape index (κ1) is 16.8. The van der Waals surface area contributed by atoms with Crippen molar-refractivity contribution >= 4 is 23.5 Å². The lowest BCUT2D eigenvalue weighted by Gasteiger charge is -2.30. The zero-order valence-corrected chi connectivity index (χ0v) is 14.0. The molecule has 0 aromatic carbocycles. The van der Waals surface area contributed by atoms with E-state index in [1.54, 1.807) is 6.07 Å². The van der Waals surface area contributed by atoms with E-state index in [2.05, 4.69) is 20.8 Å². The molecule has 1 fully saturated rings. The van der Waals surface area contributed by atoms with Crippen LogP contribution < -0.4 is 10.6 Å². The number of ether oxygens (including phenoxy) is 1. The van der Waals surface area contributed by atoms with E-state index >= 15 is 0 Å². The van der Waals surface area contributed by atoms with Crippen molar-refractivity contribution in [2.24, 2.45) is 0 Å². The zero-order chi connectivity index (χ0) is 16.2. The van der Waals surface area contributed by atoms with Gasteiger partial charge in [-0.2, -0.15) is 0 Å². The van der Waals surface area contributed by atoms with Crippen molar-refractivity contribution in [3.05, 3.63) is 17.3 Å². The fourth-order valence-corrected chi connectivity index (χ4v) is 2.56. The number of alkyl carbamates (subject to hydrolysis) is 1. The van der Waals surface area contributed by atoms with Gasteiger partial charge in [-0.3, -0.25) is 0 Å². The van der Waals surface area contributed by atoms with Crippen LogP contribution in [0.2, 0.25) is 5.15 Å². The molecule has 1 aromatic heterocycles. The Labute approximate surface area is 136 Å². The van der Waals surface area contributed by atoms with Gasteiger partial charge in [0.05, 0.1) is 0 Å².